The summed E-state index contributed by atoms with van der Waals surface area (Å²) in [7, 11) is 1.71. The standard InChI is InChI=1S/C15H16FN3O2/c1-19(11-3-2-4-12(20)8-11)9-15(21)18-14-7-10(16)5-6-13(14)17/h2-8,20H,9,17H2,1H3,(H,18,21). The smallest absolute Gasteiger partial charge is 0.243 e. The molecule has 110 valence electrons. The van der Waals surface area contributed by atoms with Gasteiger partial charge in [0.2, 0.25) is 5.91 Å². The highest BCUT2D eigenvalue weighted by molar-refractivity contribution is 5.96. The highest BCUT2D eigenvalue weighted by Crippen LogP contribution is 2.21. The van der Waals surface area contributed by atoms with Gasteiger partial charge in [-0.3, -0.25) is 4.79 Å². The largest absolute Gasteiger partial charge is 0.508 e. The third-order valence-corrected chi connectivity index (χ3v) is 2.94. The first-order valence-corrected chi connectivity index (χ1v) is 6.31. The number of carbonyl (C=O) groups excluding carboxylic acids is 1. The van der Waals surface area contributed by atoms with Crippen molar-refractivity contribution >= 4 is 23.0 Å². The van der Waals surface area contributed by atoms with Crippen LogP contribution in [0.1, 0.15) is 0 Å². The van der Waals surface area contributed by atoms with Crippen molar-refractivity contribution in [3.8, 4) is 5.75 Å². The van der Waals surface area contributed by atoms with Gasteiger partial charge < -0.3 is 21.1 Å². The Morgan fingerprint density at radius 2 is 2.10 bits per heavy atom. The molecule has 21 heavy (non-hydrogen) atoms. The van der Waals surface area contributed by atoms with E-state index in [1.54, 1.807) is 36.2 Å². The van der Waals surface area contributed by atoms with Crippen LogP contribution in [0.2, 0.25) is 0 Å². The minimum Gasteiger partial charge on any atom is -0.508 e. The van der Waals surface area contributed by atoms with Gasteiger partial charge >= 0.3 is 0 Å². The number of aromatic hydroxyl groups is 1. The number of rotatable bonds is 4. The SMILES string of the molecule is CN(CC(=O)Nc1cc(F)ccc1N)c1cccc(O)c1. The Morgan fingerprint density at radius 3 is 2.81 bits per heavy atom. The van der Waals surface area contributed by atoms with E-state index in [-0.39, 0.29) is 23.9 Å². The zero-order chi connectivity index (χ0) is 15.4. The molecule has 0 aliphatic rings. The number of nitrogens with one attached hydrogen (secondary N) is 1. The Kier molecular flexibility index (Phi) is 4.27. The predicted molar refractivity (Wildman–Crippen MR) is 80.8 cm³/mol. The van der Waals surface area contributed by atoms with Crippen molar-refractivity contribution in [2.45, 2.75) is 0 Å². The normalized spacial score (nSPS) is 10.2. The zero-order valence-electron chi connectivity index (χ0n) is 11.5. The van der Waals surface area contributed by atoms with E-state index >= 15 is 0 Å². The van der Waals surface area contributed by atoms with Crippen LogP contribution in [0.3, 0.4) is 0 Å². The van der Waals surface area contributed by atoms with Crippen molar-refractivity contribution < 1.29 is 14.3 Å². The third kappa shape index (κ3) is 3.85. The van der Waals surface area contributed by atoms with Crippen molar-refractivity contribution in [3.63, 3.8) is 0 Å². The molecule has 0 unspecified atom stereocenters. The van der Waals surface area contributed by atoms with Crippen LogP contribution in [0.4, 0.5) is 21.5 Å². The van der Waals surface area contributed by atoms with Crippen molar-refractivity contribution in [1.29, 1.82) is 0 Å². The minimum absolute atomic E-state index is 0.0411. The average molecular weight is 289 g/mol. The third-order valence-electron chi connectivity index (χ3n) is 2.94. The lowest BCUT2D eigenvalue weighted by molar-refractivity contribution is -0.114. The number of hydrogen-bond acceptors (Lipinski definition) is 4. The van der Waals surface area contributed by atoms with E-state index in [1.165, 1.54) is 18.2 Å². The van der Waals surface area contributed by atoms with Gasteiger partial charge in [-0.15, -0.1) is 0 Å². The van der Waals surface area contributed by atoms with Gasteiger partial charge in [0.15, 0.2) is 0 Å². The summed E-state index contributed by atoms with van der Waals surface area (Å²) < 4.78 is 13.1. The highest BCUT2D eigenvalue weighted by atomic mass is 19.1. The quantitative estimate of drug-likeness (QED) is 0.754. The maximum Gasteiger partial charge on any atom is 0.243 e. The first-order valence-electron chi connectivity index (χ1n) is 6.31. The number of amides is 1. The van der Waals surface area contributed by atoms with Gasteiger partial charge in [-0.25, -0.2) is 4.39 Å². The summed E-state index contributed by atoms with van der Waals surface area (Å²) in [5, 5.41) is 12.0. The minimum atomic E-state index is -0.471. The molecule has 0 aromatic heterocycles. The summed E-state index contributed by atoms with van der Waals surface area (Å²) >= 11 is 0. The number of benzene rings is 2. The van der Waals surface area contributed by atoms with Crippen molar-refractivity contribution in [1.82, 2.24) is 0 Å². The summed E-state index contributed by atoms with van der Waals surface area (Å²) in [4.78, 5) is 13.6. The van der Waals surface area contributed by atoms with E-state index in [4.69, 9.17) is 5.73 Å². The van der Waals surface area contributed by atoms with Gasteiger partial charge in [0.25, 0.3) is 0 Å². The fraction of sp³-hybridized carbons (Fsp3) is 0.133. The summed E-state index contributed by atoms with van der Waals surface area (Å²) in [5.41, 5.74) is 6.90. The van der Waals surface area contributed by atoms with Crippen LogP contribution < -0.4 is 16.0 Å². The number of nitrogens with two attached hydrogens (primary N) is 1. The number of likely N-dealkylation sites (N-methyl/N-ethyl adjacent to an activating group) is 1. The Labute approximate surface area is 121 Å². The zero-order valence-corrected chi connectivity index (χ0v) is 11.5. The molecule has 0 saturated heterocycles. The molecular formula is C15H16FN3O2. The molecule has 0 atom stereocenters. The van der Waals surface area contributed by atoms with Crippen molar-refractivity contribution in [2.24, 2.45) is 0 Å². The Morgan fingerprint density at radius 1 is 1.33 bits per heavy atom. The van der Waals surface area contributed by atoms with E-state index < -0.39 is 5.82 Å². The Balaban J connectivity index is 2.03. The van der Waals surface area contributed by atoms with Gasteiger partial charge in [-0.1, -0.05) is 6.07 Å². The van der Waals surface area contributed by atoms with Gasteiger partial charge in [0, 0.05) is 18.8 Å². The maximum atomic E-state index is 13.1. The van der Waals surface area contributed by atoms with E-state index in [0.29, 0.717) is 11.4 Å². The molecule has 0 heterocycles. The number of nitrogen functional groups attached to an aromatic ring is 1. The van der Waals surface area contributed by atoms with Gasteiger partial charge in [0.05, 0.1) is 17.9 Å². The van der Waals surface area contributed by atoms with Gasteiger partial charge in [-0.05, 0) is 30.3 Å². The molecule has 5 nitrogen and oxygen atoms in total. The molecule has 0 saturated carbocycles. The lowest BCUT2D eigenvalue weighted by atomic mass is 10.2. The molecule has 2 aromatic carbocycles. The monoisotopic (exact) mass is 289 g/mol. The Hall–Kier alpha value is -2.76. The lowest BCUT2D eigenvalue weighted by Crippen LogP contribution is -2.30. The second-order valence-electron chi connectivity index (χ2n) is 4.66. The highest BCUT2D eigenvalue weighted by Gasteiger charge is 2.10. The van der Waals surface area contributed by atoms with E-state index in [2.05, 4.69) is 5.32 Å². The molecule has 1 amide bonds. The summed E-state index contributed by atoms with van der Waals surface area (Å²) in [6.07, 6.45) is 0. The first kappa shape index (κ1) is 14.6. The van der Waals surface area contributed by atoms with Gasteiger partial charge in [0.1, 0.15) is 11.6 Å². The van der Waals surface area contributed by atoms with Crippen LogP contribution in [0.15, 0.2) is 42.5 Å². The predicted octanol–water partition coefficient (Wildman–Crippen LogP) is 2.19. The number of nitrogens with zero attached hydrogens (tertiary/aromatic N) is 1. The molecule has 0 aliphatic heterocycles. The van der Waals surface area contributed by atoms with Gasteiger partial charge in [-0.2, -0.15) is 0 Å². The van der Waals surface area contributed by atoms with Crippen LogP contribution in [-0.4, -0.2) is 24.6 Å². The topological polar surface area (TPSA) is 78.6 Å². The molecule has 0 spiro atoms. The molecule has 0 aliphatic carbocycles. The first-order chi connectivity index (χ1) is 9.95. The number of carbonyl (C=O) groups is 1. The fourth-order valence-electron chi connectivity index (χ4n) is 1.86. The summed E-state index contributed by atoms with van der Waals surface area (Å²) in [6.45, 7) is 0.0411. The molecule has 6 heteroatoms. The number of hydrogen-bond donors (Lipinski definition) is 3. The number of halogens is 1. The average Bonchev–Trinajstić information content (AvgIpc) is 2.42. The lowest BCUT2D eigenvalue weighted by Gasteiger charge is -2.19. The number of phenols is 1. The number of phenolic OH excluding ortho intramolecular Hbond substituents is 1. The van der Waals surface area contributed by atoms with Crippen LogP contribution in [0, 0.1) is 5.82 Å². The van der Waals surface area contributed by atoms with Crippen LogP contribution >= 0.6 is 0 Å². The van der Waals surface area contributed by atoms with E-state index in [0.717, 1.165) is 0 Å². The molecule has 2 rings (SSSR count). The molecule has 0 fully saturated rings. The van der Waals surface area contributed by atoms with Crippen molar-refractivity contribution in [3.05, 3.63) is 48.3 Å². The van der Waals surface area contributed by atoms with Crippen LogP contribution in [-0.2, 0) is 4.79 Å². The maximum absolute atomic E-state index is 13.1. The fourth-order valence-corrected chi connectivity index (χ4v) is 1.86. The van der Waals surface area contributed by atoms with E-state index in [1.807, 2.05) is 0 Å². The molecule has 2 aromatic rings. The molecule has 4 N–H and O–H groups in total. The summed E-state index contributed by atoms with van der Waals surface area (Å²) in [6, 6.07) is 10.3. The second-order valence-corrected chi connectivity index (χ2v) is 4.66. The second kappa shape index (κ2) is 6.13. The number of anilines is 3. The van der Waals surface area contributed by atoms with Crippen LogP contribution in [0.25, 0.3) is 0 Å². The molecule has 0 radical (unpaired) electrons. The summed E-state index contributed by atoms with van der Waals surface area (Å²) in [5.74, 6) is -0.687. The van der Waals surface area contributed by atoms with Crippen molar-refractivity contribution in [2.75, 3.05) is 29.5 Å². The van der Waals surface area contributed by atoms with Crippen LogP contribution in [0.5, 0.6) is 5.75 Å². The molecule has 0 bridgehead atoms. The van der Waals surface area contributed by atoms with E-state index in [9.17, 15) is 14.3 Å². The molecular weight excluding hydrogens is 273 g/mol. The Bertz CT molecular complexity index is 661.